The van der Waals surface area contributed by atoms with Crippen LogP contribution in [-0.2, 0) is 9.59 Å². The number of nitrogens with two attached hydrogens (primary N) is 1. The first-order valence-electron chi connectivity index (χ1n) is 3.91. The summed E-state index contributed by atoms with van der Waals surface area (Å²) in [6.45, 7) is 0. The van der Waals surface area contributed by atoms with E-state index in [-0.39, 0.29) is 5.57 Å². The van der Waals surface area contributed by atoms with Gasteiger partial charge in [0.15, 0.2) is 0 Å². The summed E-state index contributed by atoms with van der Waals surface area (Å²) in [4.78, 5) is 21.3. The van der Waals surface area contributed by atoms with Crippen LogP contribution in [0, 0.1) is 0 Å². The van der Waals surface area contributed by atoms with E-state index in [2.05, 4.69) is 0 Å². The lowest BCUT2D eigenvalue weighted by Gasteiger charge is -2.00. The highest BCUT2D eigenvalue weighted by Gasteiger charge is 2.10. The molecule has 0 spiro atoms. The van der Waals surface area contributed by atoms with Gasteiger partial charge >= 0.3 is 5.97 Å². The van der Waals surface area contributed by atoms with Gasteiger partial charge in [0.05, 0.1) is 5.57 Å². The summed E-state index contributed by atoms with van der Waals surface area (Å²) in [5.41, 5.74) is 5.25. The first kappa shape index (κ1) is 9.98. The van der Waals surface area contributed by atoms with E-state index in [0.717, 1.165) is 6.08 Å². The average molecular weight is 191 g/mol. The van der Waals surface area contributed by atoms with E-state index in [4.69, 9.17) is 10.8 Å². The Morgan fingerprint density at radius 2 is 1.79 bits per heavy atom. The fourth-order valence-electron chi connectivity index (χ4n) is 1.03. The minimum absolute atomic E-state index is 0.0990. The lowest BCUT2D eigenvalue weighted by molar-refractivity contribution is -0.130. The highest BCUT2D eigenvalue weighted by Crippen LogP contribution is 2.13. The molecule has 4 heteroatoms. The molecule has 0 aliphatic rings. The molecule has 0 aliphatic carbocycles. The molecule has 1 aromatic carbocycles. The standard InChI is InChI=1S/C10H9NO3/c11-9(12)6-8(10(13)14)7-4-2-1-3-5-7/h1-6H,(H2,11,12)(H,13,14)/b8-6-. The number of carbonyl (C=O) groups is 2. The van der Waals surface area contributed by atoms with Crippen molar-refractivity contribution in [3.63, 3.8) is 0 Å². The van der Waals surface area contributed by atoms with Crippen LogP contribution in [0.4, 0.5) is 0 Å². The van der Waals surface area contributed by atoms with Crippen LogP contribution >= 0.6 is 0 Å². The maximum Gasteiger partial charge on any atom is 0.336 e. The van der Waals surface area contributed by atoms with E-state index >= 15 is 0 Å². The quantitative estimate of drug-likeness (QED) is 0.688. The van der Waals surface area contributed by atoms with E-state index in [0.29, 0.717) is 5.56 Å². The molecular formula is C10H9NO3. The van der Waals surface area contributed by atoms with Gasteiger partial charge in [-0.25, -0.2) is 4.79 Å². The van der Waals surface area contributed by atoms with Gasteiger partial charge in [-0.1, -0.05) is 30.3 Å². The molecule has 14 heavy (non-hydrogen) atoms. The molecule has 0 atom stereocenters. The zero-order valence-corrected chi connectivity index (χ0v) is 7.31. The Morgan fingerprint density at radius 1 is 1.21 bits per heavy atom. The van der Waals surface area contributed by atoms with Crippen molar-refractivity contribution >= 4 is 17.4 Å². The van der Waals surface area contributed by atoms with Gasteiger partial charge in [0.25, 0.3) is 0 Å². The molecule has 0 unspecified atom stereocenters. The summed E-state index contributed by atoms with van der Waals surface area (Å²) in [7, 11) is 0. The van der Waals surface area contributed by atoms with E-state index in [1.807, 2.05) is 0 Å². The summed E-state index contributed by atoms with van der Waals surface area (Å²) in [5, 5.41) is 8.80. The number of benzene rings is 1. The van der Waals surface area contributed by atoms with E-state index in [1.54, 1.807) is 30.3 Å². The number of carboxylic acids is 1. The highest BCUT2D eigenvalue weighted by molar-refractivity contribution is 6.20. The zero-order valence-electron chi connectivity index (χ0n) is 7.31. The van der Waals surface area contributed by atoms with Gasteiger partial charge in [0.1, 0.15) is 0 Å². The molecule has 4 nitrogen and oxygen atoms in total. The molecule has 0 saturated carbocycles. The summed E-state index contributed by atoms with van der Waals surface area (Å²) in [6.07, 6.45) is 0.900. The van der Waals surface area contributed by atoms with E-state index in [1.165, 1.54) is 0 Å². The predicted octanol–water partition coefficient (Wildman–Crippen LogP) is 0.640. The highest BCUT2D eigenvalue weighted by atomic mass is 16.4. The van der Waals surface area contributed by atoms with Gasteiger partial charge in [0.2, 0.25) is 5.91 Å². The minimum atomic E-state index is -1.17. The lowest BCUT2D eigenvalue weighted by Crippen LogP contribution is -2.10. The molecule has 0 saturated heterocycles. The number of hydrogen-bond donors (Lipinski definition) is 2. The Balaban J connectivity index is 3.14. The third-order valence-corrected chi connectivity index (χ3v) is 1.60. The molecular weight excluding hydrogens is 182 g/mol. The molecule has 3 N–H and O–H groups in total. The van der Waals surface area contributed by atoms with Gasteiger partial charge in [-0.05, 0) is 5.56 Å². The maximum absolute atomic E-state index is 10.8. The number of rotatable bonds is 3. The number of primary amides is 1. The normalized spacial score (nSPS) is 11.0. The first-order valence-corrected chi connectivity index (χ1v) is 3.91. The first-order chi connectivity index (χ1) is 6.61. The van der Waals surface area contributed by atoms with Crippen LogP contribution in [0.15, 0.2) is 36.4 Å². The molecule has 0 heterocycles. The number of aliphatic carboxylic acids is 1. The number of amides is 1. The third-order valence-electron chi connectivity index (χ3n) is 1.60. The van der Waals surface area contributed by atoms with Crippen molar-refractivity contribution in [3.05, 3.63) is 42.0 Å². The SMILES string of the molecule is NC(=O)/C=C(\C(=O)O)c1ccccc1. The van der Waals surface area contributed by atoms with Crippen LogP contribution in [-0.4, -0.2) is 17.0 Å². The topological polar surface area (TPSA) is 80.4 Å². The summed E-state index contributed by atoms with van der Waals surface area (Å²) < 4.78 is 0. The van der Waals surface area contributed by atoms with Crippen molar-refractivity contribution in [1.82, 2.24) is 0 Å². The van der Waals surface area contributed by atoms with Gasteiger partial charge in [-0.3, -0.25) is 4.79 Å². The molecule has 1 aromatic rings. The Hall–Kier alpha value is -2.10. The Kier molecular flexibility index (Phi) is 3.01. The van der Waals surface area contributed by atoms with Gasteiger partial charge in [-0.15, -0.1) is 0 Å². The monoisotopic (exact) mass is 191 g/mol. The molecule has 0 radical (unpaired) electrons. The van der Waals surface area contributed by atoms with E-state index < -0.39 is 11.9 Å². The van der Waals surface area contributed by atoms with Crippen LogP contribution in [0.25, 0.3) is 5.57 Å². The number of carboxylic acid groups (broad SMARTS) is 1. The van der Waals surface area contributed by atoms with Crippen molar-refractivity contribution in [1.29, 1.82) is 0 Å². The molecule has 0 bridgehead atoms. The van der Waals surface area contributed by atoms with Crippen molar-refractivity contribution in [2.24, 2.45) is 5.73 Å². The van der Waals surface area contributed by atoms with Crippen LogP contribution in [0.1, 0.15) is 5.56 Å². The molecule has 1 rings (SSSR count). The molecule has 0 aliphatic heterocycles. The second-order valence-corrected chi connectivity index (χ2v) is 2.63. The average Bonchev–Trinajstić information content (AvgIpc) is 2.15. The van der Waals surface area contributed by atoms with Crippen LogP contribution in [0.5, 0.6) is 0 Å². The largest absolute Gasteiger partial charge is 0.478 e. The van der Waals surface area contributed by atoms with Crippen LogP contribution in [0.2, 0.25) is 0 Å². The summed E-state index contributed by atoms with van der Waals surface area (Å²) in [6, 6.07) is 8.33. The smallest absolute Gasteiger partial charge is 0.336 e. The van der Waals surface area contributed by atoms with Gasteiger partial charge in [0, 0.05) is 6.08 Å². The summed E-state index contributed by atoms with van der Waals surface area (Å²) in [5.74, 6) is -1.94. The predicted molar refractivity (Wildman–Crippen MR) is 51.2 cm³/mol. The Bertz CT molecular complexity index is 382. The second kappa shape index (κ2) is 4.23. The zero-order chi connectivity index (χ0) is 10.6. The third kappa shape index (κ3) is 2.45. The minimum Gasteiger partial charge on any atom is -0.478 e. The van der Waals surface area contributed by atoms with E-state index in [9.17, 15) is 9.59 Å². The van der Waals surface area contributed by atoms with Crippen molar-refractivity contribution in [2.45, 2.75) is 0 Å². The van der Waals surface area contributed by atoms with Crippen molar-refractivity contribution in [2.75, 3.05) is 0 Å². The summed E-state index contributed by atoms with van der Waals surface area (Å²) >= 11 is 0. The Labute approximate surface area is 80.7 Å². The number of hydrogen-bond acceptors (Lipinski definition) is 2. The second-order valence-electron chi connectivity index (χ2n) is 2.63. The Morgan fingerprint density at radius 3 is 2.21 bits per heavy atom. The lowest BCUT2D eigenvalue weighted by atomic mass is 10.1. The fraction of sp³-hybridized carbons (Fsp3) is 0. The molecule has 0 aromatic heterocycles. The van der Waals surface area contributed by atoms with Crippen LogP contribution in [0.3, 0.4) is 0 Å². The molecule has 1 amide bonds. The van der Waals surface area contributed by atoms with Gasteiger partial charge < -0.3 is 10.8 Å². The van der Waals surface area contributed by atoms with Gasteiger partial charge in [-0.2, -0.15) is 0 Å². The molecule has 72 valence electrons. The number of carbonyl (C=O) groups excluding carboxylic acids is 1. The van der Waals surface area contributed by atoms with Crippen LogP contribution < -0.4 is 5.73 Å². The fourth-order valence-corrected chi connectivity index (χ4v) is 1.03. The van der Waals surface area contributed by atoms with Crippen molar-refractivity contribution < 1.29 is 14.7 Å². The molecule has 0 fully saturated rings. The maximum atomic E-state index is 10.8. The van der Waals surface area contributed by atoms with Crippen molar-refractivity contribution in [3.8, 4) is 0 Å².